The van der Waals surface area contributed by atoms with E-state index in [1.54, 1.807) is 24.2 Å². The number of amides is 4. The zero-order valence-electron chi connectivity index (χ0n) is 21.2. The van der Waals surface area contributed by atoms with Gasteiger partial charge in [0.15, 0.2) is 0 Å². The SMILES string of the molecule is C=CC(=O)NC1CN(C(C)=O)CC1Nc1ncc2c(n1)N(C)C(=O)N(c1c(Cl)c(OC)cc(OC)c1Cl)C2. The molecule has 1 aromatic carbocycles. The van der Waals surface area contributed by atoms with Crippen LogP contribution in [0.2, 0.25) is 10.0 Å². The number of likely N-dealkylation sites (tertiary alicyclic amines) is 1. The molecule has 1 fully saturated rings. The van der Waals surface area contributed by atoms with E-state index in [1.165, 1.54) is 37.0 Å². The molecule has 2 aliphatic rings. The Balaban J connectivity index is 1.63. The number of aromatic nitrogens is 2. The first-order valence-corrected chi connectivity index (χ1v) is 12.3. The van der Waals surface area contributed by atoms with Crippen LogP contribution in [0.25, 0.3) is 0 Å². The second-order valence-corrected chi connectivity index (χ2v) is 9.48. The number of ether oxygens (including phenoxy) is 2. The second kappa shape index (κ2) is 10.9. The molecule has 0 bridgehead atoms. The van der Waals surface area contributed by atoms with Gasteiger partial charge < -0.3 is 25.0 Å². The van der Waals surface area contributed by atoms with Gasteiger partial charge in [-0.15, -0.1) is 0 Å². The molecule has 0 aliphatic carbocycles. The number of rotatable bonds is 7. The maximum Gasteiger partial charge on any atom is 0.330 e. The van der Waals surface area contributed by atoms with Crippen LogP contribution in [0.3, 0.4) is 0 Å². The average Bonchev–Trinajstić information content (AvgIpc) is 3.29. The topological polar surface area (TPSA) is 129 Å². The molecule has 1 saturated heterocycles. The van der Waals surface area contributed by atoms with Crippen molar-refractivity contribution in [1.29, 1.82) is 0 Å². The third kappa shape index (κ3) is 5.01. The first-order valence-electron chi connectivity index (χ1n) is 11.6. The molecule has 2 atom stereocenters. The van der Waals surface area contributed by atoms with E-state index in [9.17, 15) is 14.4 Å². The Morgan fingerprint density at radius 3 is 2.37 bits per heavy atom. The van der Waals surface area contributed by atoms with E-state index in [2.05, 4.69) is 27.2 Å². The molecule has 0 radical (unpaired) electrons. The summed E-state index contributed by atoms with van der Waals surface area (Å²) in [6.45, 7) is 5.71. The minimum atomic E-state index is -0.430. The van der Waals surface area contributed by atoms with Crippen molar-refractivity contribution in [3.63, 3.8) is 0 Å². The molecule has 38 heavy (non-hydrogen) atoms. The van der Waals surface area contributed by atoms with Gasteiger partial charge >= 0.3 is 6.03 Å². The van der Waals surface area contributed by atoms with Crippen molar-refractivity contribution in [3.05, 3.63) is 40.5 Å². The number of nitrogens with zero attached hydrogens (tertiary/aromatic N) is 5. The van der Waals surface area contributed by atoms with Crippen molar-refractivity contribution in [2.75, 3.05) is 49.5 Å². The number of carbonyl (C=O) groups excluding carboxylic acids is 3. The number of hydrogen-bond donors (Lipinski definition) is 2. The van der Waals surface area contributed by atoms with Gasteiger partial charge in [0.25, 0.3) is 0 Å². The lowest BCUT2D eigenvalue weighted by molar-refractivity contribution is -0.128. The van der Waals surface area contributed by atoms with E-state index >= 15 is 0 Å². The molecule has 2 unspecified atom stereocenters. The van der Waals surface area contributed by atoms with Crippen molar-refractivity contribution in [2.24, 2.45) is 0 Å². The standard InChI is InChI=1S/C24H27Cl2N7O5/c1-6-18(35)28-14-10-32(12(2)34)11-15(14)29-23-27-8-13-9-33(24(36)31(3)22(13)30-23)21-19(25)16(37-4)7-17(38-5)20(21)26/h6-8,14-15H,1,9-11H2,2-5H3,(H,28,35)(H,27,29,30). The molecule has 1 aromatic heterocycles. The van der Waals surface area contributed by atoms with E-state index in [0.717, 1.165) is 0 Å². The van der Waals surface area contributed by atoms with E-state index in [0.29, 0.717) is 36.0 Å². The highest BCUT2D eigenvalue weighted by atomic mass is 35.5. The second-order valence-electron chi connectivity index (χ2n) is 8.72. The number of nitrogens with one attached hydrogen (secondary N) is 2. The molecule has 4 rings (SSSR count). The van der Waals surface area contributed by atoms with E-state index < -0.39 is 6.03 Å². The van der Waals surface area contributed by atoms with Crippen molar-refractivity contribution in [1.82, 2.24) is 20.2 Å². The van der Waals surface area contributed by atoms with Crippen LogP contribution in [0.4, 0.5) is 22.2 Å². The number of hydrogen-bond acceptors (Lipinski definition) is 8. The van der Waals surface area contributed by atoms with Crippen molar-refractivity contribution < 1.29 is 23.9 Å². The number of methoxy groups -OCH3 is 2. The number of anilines is 3. The van der Waals surface area contributed by atoms with Crippen LogP contribution in [-0.4, -0.2) is 79.2 Å². The molecule has 0 saturated carbocycles. The first kappa shape index (κ1) is 27.3. The predicted molar refractivity (Wildman–Crippen MR) is 143 cm³/mol. The minimum absolute atomic E-state index is 0.0914. The maximum absolute atomic E-state index is 13.4. The summed E-state index contributed by atoms with van der Waals surface area (Å²) in [5.41, 5.74) is 0.880. The lowest BCUT2D eigenvalue weighted by Gasteiger charge is -2.35. The molecule has 4 amide bonds. The highest BCUT2D eigenvalue weighted by molar-refractivity contribution is 6.42. The zero-order chi connectivity index (χ0) is 27.7. The molecule has 0 spiro atoms. The monoisotopic (exact) mass is 563 g/mol. The fourth-order valence-corrected chi connectivity index (χ4v) is 5.13. The maximum atomic E-state index is 13.4. The Morgan fingerprint density at radius 1 is 1.16 bits per heavy atom. The molecular weight excluding hydrogens is 537 g/mol. The summed E-state index contributed by atoms with van der Waals surface area (Å²) in [6, 6.07) is 0.374. The lowest BCUT2D eigenvalue weighted by atomic mass is 10.1. The van der Waals surface area contributed by atoms with Gasteiger partial charge in [-0.2, -0.15) is 4.98 Å². The van der Waals surface area contributed by atoms with Gasteiger partial charge in [-0.3, -0.25) is 19.4 Å². The molecular formula is C24H27Cl2N7O5. The molecule has 2 aromatic rings. The van der Waals surface area contributed by atoms with E-state index in [1.807, 2.05) is 0 Å². The Labute approximate surface area is 229 Å². The summed E-state index contributed by atoms with van der Waals surface area (Å²) in [4.78, 5) is 50.7. The van der Waals surface area contributed by atoms with Crippen LogP contribution in [0.15, 0.2) is 24.9 Å². The predicted octanol–water partition coefficient (Wildman–Crippen LogP) is 2.69. The quantitative estimate of drug-likeness (QED) is 0.492. The van der Waals surface area contributed by atoms with Crippen LogP contribution in [0.5, 0.6) is 11.5 Å². The van der Waals surface area contributed by atoms with Crippen LogP contribution in [-0.2, 0) is 16.1 Å². The van der Waals surface area contributed by atoms with Gasteiger partial charge in [0.2, 0.25) is 17.8 Å². The van der Waals surface area contributed by atoms with Gasteiger partial charge in [0, 0.05) is 44.9 Å². The molecule has 202 valence electrons. The van der Waals surface area contributed by atoms with Crippen molar-refractivity contribution in [2.45, 2.75) is 25.6 Å². The van der Waals surface area contributed by atoms with E-state index in [4.69, 9.17) is 32.7 Å². The molecule has 2 aliphatic heterocycles. The van der Waals surface area contributed by atoms with Crippen LogP contribution in [0.1, 0.15) is 12.5 Å². The van der Waals surface area contributed by atoms with Gasteiger partial charge in [0.1, 0.15) is 27.4 Å². The third-order valence-electron chi connectivity index (χ3n) is 6.42. The van der Waals surface area contributed by atoms with E-state index in [-0.39, 0.29) is 52.1 Å². The highest BCUT2D eigenvalue weighted by Gasteiger charge is 2.37. The lowest BCUT2D eigenvalue weighted by Crippen LogP contribution is -2.47. The summed E-state index contributed by atoms with van der Waals surface area (Å²) < 4.78 is 10.7. The Hall–Kier alpha value is -3.77. The van der Waals surface area contributed by atoms with Gasteiger partial charge in [-0.25, -0.2) is 9.78 Å². The summed E-state index contributed by atoms with van der Waals surface area (Å²) in [6.07, 6.45) is 2.76. The molecule has 12 nitrogen and oxygen atoms in total. The molecule has 2 N–H and O–H groups in total. The van der Waals surface area contributed by atoms with Crippen molar-refractivity contribution >= 4 is 58.5 Å². The van der Waals surface area contributed by atoms with Crippen molar-refractivity contribution in [3.8, 4) is 11.5 Å². The van der Waals surface area contributed by atoms with Gasteiger partial charge in [-0.05, 0) is 6.08 Å². The number of urea groups is 1. The summed E-state index contributed by atoms with van der Waals surface area (Å²) in [5, 5.41) is 6.34. The smallest absolute Gasteiger partial charge is 0.330 e. The van der Waals surface area contributed by atoms with Gasteiger partial charge in [-0.1, -0.05) is 29.8 Å². The average molecular weight is 564 g/mol. The Kier molecular flexibility index (Phi) is 7.83. The minimum Gasteiger partial charge on any atom is -0.495 e. The summed E-state index contributed by atoms with van der Waals surface area (Å²) >= 11 is 13.1. The van der Waals surface area contributed by atoms with Crippen LogP contribution < -0.4 is 29.9 Å². The largest absolute Gasteiger partial charge is 0.495 e. The number of fused-ring (bicyclic) bond motifs is 1. The van der Waals surface area contributed by atoms with Crippen LogP contribution in [0, 0.1) is 0 Å². The summed E-state index contributed by atoms with van der Waals surface area (Å²) in [7, 11) is 4.48. The first-order chi connectivity index (χ1) is 18.1. The molecule has 14 heteroatoms. The molecule has 3 heterocycles. The Bertz CT molecular complexity index is 1280. The van der Waals surface area contributed by atoms with Gasteiger partial charge in [0.05, 0.1) is 38.5 Å². The zero-order valence-corrected chi connectivity index (χ0v) is 22.8. The highest BCUT2D eigenvalue weighted by Crippen LogP contribution is 2.47. The number of halogens is 2. The fraction of sp³-hybridized carbons (Fsp3) is 0.375. The Morgan fingerprint density at radius 2 is 1.79 bits per heavy atom. The van der Waals surface area contributed by atoms with Crippen LogP contribution >= 0.6 is 23.2 Å². The normalized spacial score (nSPS) is 18.7. The third-order valence-corrected chi connectivity index (χ3v) is 7.15. The fourth-order valence-electron chi connectivity index (χ4n) is 4.42. The number of benzene rings is 1. The summed E-state index contributed by atoms with van der Waals surface area (Å²) in [5.74, 6) is 0.762. The number of carbonyl (C=O) groups is 3.